The molecule has 0 saturated heterocycles. The molecule has 4 rings (SSSR count). The Labute approximate surface area is 201 Å². The highest BCUT2D eigenvalue weighted by molar-refractivity contribution is 8.13. The summed E-state index contributed by atoms with van der Waals surface area (Å²) >= 11 is 0.396. The molecule has 188 valence electrons. The quantitative estimate of drug-likeness (QED) is 0.576. The number of rotatable bonds is 4. The number of esters is 1. The lowest BCUT2D eigenvalue weighted by molar-refractivity contribution is -0.228. The van der Waals surface area contributed by atoms with Crippen molar-refractivity contribution in [3.8, 4) is 0 Å². The average molecular weight is 501 g/mol. The number of aliphatic hydroxyl groups is 1. The van der Waals surface area contributed by atoms with Gasteiger partial charge in [-0.05, 0) is 61.6 Å². The molecule has 3 fully saturated rings. The van der Waals surface area contributed by atoms with Crippen LogP contribution in [0.1, 0.15) is 53.4 Å². The van der Waals surface area contributed by atoms with Gasteiger partial charge in [0.05, 0.1) is 6.10 Å². The van der Waals surface area contributed by atoms with E-state index < -0.39 is 75.0 Å². The first kappa shape index (κ1) is 25.5. The zero-order valence-electron chi connectivity index (χ0n) is 19.8. The molecular weight excluding hydrogens is 469 g/mol. The summed E-state index contributed by atoms with van der Waals surface area (Å²) in [5.74, 6) is -3.30. The van der Waals surface area contributed by atoms with E-state index in [0.717, 1.165) is 6.08 Å². The van der Waals surface area contributed by atoms with Crippen LogP contribution in [0, 0.1) is 28.6 Å². The molecule has 0 bridgehead atoms. The highest BCUT2D eigenvalue weighted by Gasteiger charge is 2.78. The second-order valence-electron chi connectivity index (χ2n) is 10.6. The highest BCUT2D eigenvalue weighted by Crippen LogP contribution is 2.72. The normalized spacial score (nSPS) is 47.4. The van der Waals surface area contributed by atoms with Gasteiger partial charge >= 0.3 is 5.97 Å². The molecule has 0 radical (unpaired) electrons. The van der Waals surface area contributed by atoms with Crippen LogP contribution in [0.3, 0.4) is 0 Å². The van der Waals surface area contributed by atoms with Gasteiger partial charge in [0.15, 0.2) is 17.1 Å². The van der Waals surface area contributed by atoms with E-state index in [2.05, 4.69) is 0 Å². The molecule has 4 aliphatic rings. The van der Waals surface area contributed by atoms with Crippen molar-refractivity contribution in [1.82, 2.24) is 0 Å². The summed E-state index contributed by atoms with van der Waals surface area (Å²) in [4.78, 5) is 37.8. The molecule has 0 aromatic heterocycles. The van der Waals surface area contributed by atoms with Crippen molar-refractivity contribution in [2.75, 3.05) is 6.01 Å². The molecule has 0 aliphatic heterocycles. The lowest BCUT2D eigenvalue weighted by Gasteiger charge is -2.63. The lowest BCUT2D eigenvalue weighted by atomic mass is 9.44. The lowest BCUT2D eigenvalue weighted by Crippen LogP contribution is -2.70. The number of fused-ring (bicyclic) bond motifs is 5. The van der Waals surface area contributed by atoms with Gasteiger partial charge in [-0.1, -0.05) is 26.8 Å². The predicted molar refractivity (Wildman–Crippen MR) is 121 cm³/mol. The fraction of sp³-hybridized carbons (Fsp3) is 0.720. The van der Waals surface area contributed by atoms with Crippen LogP contribution in [0.2, 0.25) is 0 Å². The third kappa shape index (κ3) is 3.01. The monoisotopic (exact) mass is 500 g/mol. The number of allylic oxidation sites excluding steroid dienone is 4. The van der Waals surface area contributed by atoms with Gasteiger partial charge in [-0.2, -0.15) is 0 Å². The van der Waals surface area contributed by atoms with E-state index in [4.69, 9.17) is 4.74 Å². The second kappa shape index (κ2) is 8.22. The zero-order valence-corrected chi connectivity index (χ0v) is 20.6. The number of ketones is 1. The number of hydrogen-bond donors (Lipinski definition) is 1. The van der Waals surface area contributed by atoms with E-state index in [-0.39, 0.29) is 31.3 Å². The Balaban J connectivity index is 1.87. The van der Waals surface area contributed by atoms with Crippen LogP contribution in [-0.2, 0) is 19.1 Å². The fourth-order valence-corrected chi connectivity index (χ4v) is 8.42. The first-order valence-corrected chi connectivity index (χ1v) is 12.7. The molecule has 4 aliphatic carbocycles. The van der Waals surface area contributed by atoms with Gasteiger partial charge in [0, 0.05) is 29.1 Å². The molecule has 0 amide bonds. The standard InChI is InChI=1S/C25H31F3O5S/c1-5-20(31)33-25(21(32)34-12-26)13(2)8-15-16-10-18(27)17-9-14(29)6-7-22(17,3)24(16,28)19(30)11-23(15,25)4/h6-7,9,13,15-16,18-19,30H,5,8,10-12H2,1-4H3/t13-,15+,16-,18+,19-,22-,23?,24+,25-/m0/s1. The number of alkyl halides is 3. The maximum Gasteiger partial charge on any atom is 0.306 e. The van der Waals surface area contributed by atoms with Crippen molar-refractivity contribution in [2.24, 2.45) is 28.6 Å². The van der Waals surface area contributed by atoms with Crippen LogP contribution in [0.4, 0.5) is 13.2 Å². The minimum Gasteiger partial charge on any atom is -0.449 e. The highest BCUT2D eigenvalue weighted by atomic mass is 32.2. The number of carbonyl (C=O) groups is 3. The van der Waals surface area contributed by atoms with Crippen LogP contribution < -0.4 is 0 Å². The van der Waals surface area contributed by atoms with Crippen molar-refractivity contribution in [3.05, 3.63) is 23.8 Å². The molecule has 9 heteroatoms. The summed E-state index contributed by atoms with van der Waals surface area (Å²) in [6.45, 7) is 6.45. The van der Waals surface area contributed by atoms with E-state index in [1.165, 1.54) is 19.1 Å². The van der Waals surface area contributed by atoms with Gasteiger partial charge in [0.2, 0.25) is 5.12 Å². The topological polar surface area (TPSA) is 80.7 Å². The summed E-state index contributed by atoms with van der Waals surface area (Å²) in [5.41, 5.74) is -6.84. The van der Waals surface area contributed by atoms with E-state index in [0.29, 0.717) is 11.8 Å². The van der Waals surface area contributed by atoms with E-state index in [1.807, 2.05) is 0 Å². The molecule has 0 aromatic carbocycles. The van der Waals surface area contributed by atoms with Crippen LogP contribution in [-0.4, -0.2) is 51.5 Å². The van der Waals surface area contributed by atoms with Crippen LogP contribution in [0.15, 0.2) is 23.8 Å². The molecule has 34 heavy (non-hydrogen) atoms. The van der Waals surface area contributed by atoms with Gasteiger partial charge in [-0.3, -0.25) is 14.4 Å². The Morgan fingerprint density at radius 3 is 2.56 bits per heavy atom. The zero-order chi connectivity index (χ0) is 25.3. The maximum absolute atomic E-state index is 17.2. The average Bonchev–Trinajstić information content (AvgIpc) is 2.99. The van der Waals surface area contributed by atoms with E-state index >= 15 is 8.78 Å². The Morgan fingerprint density at radius 2 is 1.94 bits per heavy atom. The van der Waals surface area contributed by atoms with Crippen molar-refractivity contribution in [3.63, 3.8) is 0 Å². The van der Waals surface area contributed by atoms with E-state index in [9.17, 15) is 23.9 Å². The Hall–Kier alpha value is -1.61. The third-order valence-corrected chi connectivity index (χ3v) is 9.90. The van der Waals surface area contributed by atoms with Gasteiger partial charge in [0.25, 0.3) is 0 Å². The molecule has 1 N–H and O–H groups in total. The Bertz CT molecular complexity index is 984. The van der Waals surface area contributed by atoms with Crippen LogP contribution in [0.25, 0.3) is 0 Å². The molecule has 1 unspecified atom stereocenters. The molecule has 9 atom stereocenters. The number of carbonyl (C=O) groups excluding carboxylic acids is 3. The number of halogens is 3. The Kier molecular flexibility index (Phi) is 6.16. The van der Waals surface area contributed by atoms with Gasteiger partial charge < -0.3 is 9.84 Å². The van der Waals surface area contributed by atoms with Crippen molar-refractivity contribution in [2.45, 2.75) is 76.9 Å². The first-order valence-electron chi connectivity index (χ1n) is 11.7. The number of hydrogen-bond acceptors (Lipinski definition) is 6. The summed E-state index contributed by atoms with van der Waals surface area (Å²) in [6, 6.07) is -1.02. The summed E-state index contributed by atoms with van der Waals surface area (Å²) in [5, 5.41) is 10.7. The van der Waals surface area contributed by atoms with Crippen molar-refractivity contribution >= 4 is 28.6 Å². The molecule has 0 heterocycles. The minimum atomic E-state index is -2.30. The first-order chi connectivity index (χ1) is 15.8. The SMILES string of the molecule is CCC(=O)O[C@]1(C(=O)SCF)[C@@H](C)C[C@@H]2[C@@H]3C[C@@H](F)C4=CC(=O)C=C[C@]4(C)[C@]3(F)[C@@H](O)CC21C. The molecular formula is C25H31F3O5S. The van der Waals surface area contributed by atoms with E-state index in [1.54, 1.807) is 20.8 Å². The molecule has 5 nitrogen and oxygen atoms in total. The number of ether oxygens (including phenoxy) is 1. The van der Waals surface area contributed by atoms with Crippen molar-refractivity contribution < 1.29 is 37.4 Å². The molecule has 3 saturated carbocycles. The molecule has 0 aromatic rings. The minimum absolute atomic E-state index is 0.0141. The second-order valence-corrected chi connectivity index (χ2v) is 11.5. The smallest absolute Gasteiger partial charge is 0.306 e. The van der Waals surface area contributed by atoms with Gasteiger partial charge in [0.1, 0.15) is 12.2 Å². The number of thioether (sulfide) groups is 1. The number of aliphatic hydroxyl groups excluding tert-OH is 1. The van der Waals surface area contributed by atoms with Crippen molar-refractivity contribution in [1.29, 1.82) is 0 Å². The third-order valence-electron chi connectivity index (χ3n) is 9.22. The fourth-order valence-electron chi connectivity index (χ4n) is 7.63. The van der Waals surface area contributed by atoms with Crippen LogP contribution in [0.5, 0.6) is 0 Å². The predicted octanol–water partition coefficient (Wildman–Crippen LogP) is 4.43. The van der Waals surface area contributed by atoms with Gasteiger partial charge in [-0.25, -0.2) is 13.2 Å². The molecule has 0 spiro atoms. The maximum atomic E-state index is 17.2. The van der Waals surface area contributed by atoms with Gasteiger partial charge in [-0.15, -0.1) is 0 Å². The summed E-state index contributed by atoms with van der Waals surface area (Å²) < 4.78 is 51.8. The van der Waals surface area contributed by atoms with Crippen LogP contribution >= 0.6 is 11.8 Å². The Morgan fingerprint density at radius 1 is 1.26 bits per heavy atom. The largest absolute Gasteiger partial charge is 0.449 e. The summed E-state index contributed by atoms with van der Waals surface area (Å²) in [6.07, 6.45) is 0.160. The summed E-state index contributed by atoms with van der Waals surface area (Å²) in [7, 11) is 0.